The van der Waals surface area contributed by atoms with Gasteiger partial charge in [-0.15, -0.1) is 11.6 Å². The van der Waals surface area contributed by atoms with Crippen LogP contribution in [-0.4, -0.2) is 0 Å². The molecule has 0 saturated carbocycles. The Morgan fingerprint density at radius 1 is 1.06 bits per heavy atom. The Hall–Kier alpha value is -0.580. The molecule has 0 fully saturated rings. The molecule has 0 radical (unpaired) electrons. The van der Waals surface area contributed by atoms with Crippen LogP contribution in [0.3, 0.4) is 0 Å². The van der Waals surface area contributed by atoms with E-state index in [4.69, 9.17) is 16.3 Å². The molecule has 92 valence electrons. The van der Waals surface area contributed by atoms with Crippen molar-refractivity contribution < 1.29 is 4.74 Å². The van der Waals surface area contributed by atoms with Gasteiger partial charge < -0.3 is 4.74 Å². The van der Waals surface area contributed by atoms with Crippen molar-refractivity contribution in [1.29, 1.82) is 0 Å². The minimum atomic E-state index is -0.0935. The highest BCUT2D eigenvalue weighted by Crippen LogP contribution is 2.33. The van der Waals surface area contributed by atoms with Crippen molar-refractivity contribution >= 4 is 34.2 Å². The first-order chi connectivity index (χ1) is 8.75. The summed E-state index contributed by atoms with van der Waals surface area (Å²) >= 11 is 8.92. The summed E-state index contributed by atoms with van der Waals surface area (Å²) in [7, 11) is 0. The Kier molecular flexibility index (Phi) is 3.59. The molecule has 0 N–H and O–H groups in total. The number of hydrogen-bond acceptors (Lipinski definition) is 1. The number of hydrogen-bond donors (Lipinski definition) is 0. The smallest absolute Gasteiger partial charge is 0.0845 e. The van der Waals surface area contributed by atoms with E-state index in [0.717, 1.165) is 12.2 Å². The number of fused-ring (bicyclic) bond motifs is 1. The van der Waals surface area contributed by atoms with Gasteiger partial charge in [-0.2, -0.15) is 0 Å². The van der Waals surface area contributed by atoms with Crippen LogP contribution in [0.25, 0.3) is 0 Å². The standard InChI is InChI=1S/C15H12ClIO/c16-15(13-3-1-2-4-14(13)17)10-5-6-11-8-18-9-12(11)7-10/h1-7,15H,8-9H2. The van der Waals surface area contributed by atoms with Crippen LogP contribution in [0.5, 0.6) is 0 Å². The van der Waals surface area contributed by atoms with Crippen molar-refractivity contribution in [2.75, 3.05) is 0 Å². The van der Waals surface area contributed by atoms with E-state index < -0.39 is 0 Å². The monoisotopic (exact) mass is 370 g/mol. The van der Waals surface area contributed by atoms with Crippen LogP contribution < -0.4 is 0 Å². The van der Waals surface area contributed by atoms with E-state index >= 15 is 0 Å². The van der Waals surface area contributed by atoms with Gasteiger partial charge in [0, 0.05) is 3.57 Å². The van der Waals surface area contributed by atoms with Gasteiger partial charge in [0.15, 0.2) is 0 Å². The van der Waals surface area contributed by atoms with Gasteiger partial charge in [-0.1, -0.05) is 36.4 Å². The molecular weight excluding hydrogens is 359 g/mol. The highest BCUT2D eigenvalue weighted by atomic mass is 127. The fraction of sp³-hybridized carbons (Fsp3) is 0.200. The van der Waals surface area contributed by atoms with E-state index in [1.807, 2.05) is 12.1 Å². The van der Waals surface area contributed by atoms with Gasteiger partial charge in [0.25, 0.3) is 0 Å². The van der Waals surface area contributed by atoms with Crippen LogP contribution in [0.1, 0.15) is 27.6 Å². The van der Waals surface area contributed by atoms with Gasteiger partial charge >= 0.3 is 0 Å². The third kappa shape index (κ3) is 2.29. The normalized spacial score (nSPS) is 15.4. The van der Waals surface area contributed by atoms with Crippen molar-refractivity contribution in [2.45, 2.75) is 18.6 Å². The molecule has 3 rings (SSSR count). The van der Waals surface area contributed by atoms with Crippen LogP contribution in [0.15, 0.2) is 42.5 Å². The predicted octanol–water partition coefficient (Wildman–Crippen LogP) is 4.65. The second kappa shape index (κ2) is 5.19. The van der Waals surface area contributed by atoms with Crippen LogP contribution in [-0.2, 0) is 18.0 Å². The molecule has 1 heterocycles. The van der Waals surface area contributed by atoms with Crippen LogP contribution in [0, 0.1) is 3.57 Å². The van der Waals surface area contributed by atoms with Gasteiger partial charge in [-0.3, -0.25) is 0 Å². The lowest BCUT2D eigenvalue weighted by molar-refractivity contribution is 0.134. The SMILES string of the molecule is ClC(c1ccc2c(c1)COC2)c1ccccc1I. The van der Waals surface area contributed by atoms with E-state index in [-0.39, 0.29) is 5.38 Å². The summed E-state index contributed by atoms with van der Waals surface area (Å²) in [5, 5.41) is -0.0935. The molecule has 2 aromatic carbocycles. The van der Waals surface area contributed by atoms with Gasteiger partial charge in [-0.25, -0.2) is 0 Å². The minimum absolute atomic E-state index is 0.0935. The quantitative estimate of drug-likeness (QED) is 0.552. The van der Waals surface area contributed by atoms with Crippen LogP contribution in [0.2, 0.25) is 0 Å². The molecule has 3 heteroatoms. The lowest BCUT2D eigenvalue weighted by Gasteiger charge is -2.13. The van der Waals surface area contributed by atoms with Crippen molar-refractivity contribution in [3.63, 3.8) is 0 Å². The first-order valence-electron chi connectivity index (χ1n) is 5.83. The average molecular weight is 371 g/mol. The summed E-state index contributed by atoms with van der Waals surface area (Å²) in [6, 6.07) is 14.6. The Bertz CT molecular complexity index is 582. The fourth-order valence-corrected chi connectivity index (χ4v) is 3.42. The molecule has 0 bridgehead atoms. The maximum atomic E-state index is 6.59. The average Bonchev–Trinajstić information content (AvgIpc) is 2.85. The topological polar surface area (TPSA) is 9.23 Å². The molecule has 2 aromatic rings. The predicted molar refractivity (Wildman–Crippen MR) is 81.8 cm³/mol. The summed E-state index contributed by atoms with van der Waals surface area (Å²) in [5.41, 5.74) is 4.86. The lowest BCUT2D eigenvalue weighted by Crippen LogP contribution is -1.97. The number of rotatable bonds is 2. The van der Waals surface area contributed by atoms with E-state index in [2.05, 4.69) is 52.9 Å². The third-order valence-electron chi connectivity index (χ3n) is 3.22. The van der Waals surface area contributed by atoms with Gasteiger partial charge in [0.05, 0.1) is 18.6 Å². The summed E-state index contributed by atoms with van der Waals surface area (Å²) in [6.45, 7) is 1.43. The summed E-state index contributed by atoms with van der Waals surface area (Å²) in [6.07, 6.45) is 0. The maximum Gasteiger partial charge on any atom is 0.0845 e. The van der Waals surface area contributed by atoms with Crippen LogP contribution >= 0.6 is 34.2 Å². The number of halogens is 2. The Morgan fingerprint density at radius 3 is 2.67 bits per heavy atom. The highest BCUT2D eigenvalue weighted by Gasteiger charge is 2.17. The maximum absolute atomic E-state index is 6.59. The van der Waals surface area contributed by atoms with Crippen molar-refractivity contribution in [3.05, 3.63) is 68.3 Å². The molecular formula is C15H12ClIO. The first kappa shape index (κ1) is 12.5. The third-order valence-corrected chi connectivity index (χ3v) is 4.69. The molecule has 1 aliphatic heterocycles. The Balaban J connectivity index is 1.98. The van der Waals surface area contributed by atoms with E-state index in [0.29, 0.717) is 6.61 Å². The molecule has 0 aromatic heterocycles. The Morgan fingerprint density at radius 2 is 1.83 bits per heavy atom. The van der Waals surface area contributed by atoms with Gasteiger partial charge in [-0.05, 0) is 50.9 Å². The van der Waals surface area contributed by atoms with E-state index in [1.165, 1.54) is 20.3 Å². The second-order valence-corrected chi connectivity index (χ2v) is 6.00. The Labute approximate surface area is 125 Å². The number of benzene rings is 2. The van der Waals surface area contributed by atoms with Gasteiger partial charge in [0.1, 0.15) is 0 Å². The van der Waals surface area contributed by atoms with E-state index in [1.54, 1.807) is 0 Å². The van der Waals surface area contributed by atoms with Crippen molar-refractivity contribution in [1.82, 2.24) is 0 Å². The zero-order valence-corrected chi connectivity index (χ0v) is 12.6. The zero-order valence-electron chi connectivity index (χ0n) is 9.70. The zero-order chi connectivity index (χ0) is 12.5. The van der Waals surface area contributed by atoms with Crippen LogP contribution in [0.4, 0.5) is 0 Å². The summed E-state index contributed by atoms with van der Waals surface area (Å²) < 4.78 is 6.64. The highest BCUT2D eigenvalue weighted by molar-refractivity contribution is 14.1. The van der Waals surface area contributed by atoms with Crippen molar-refractivity contribution in [3.8, 4) is 0 Å². The number of alkyl halides is 1. The molecule has 1 nitrogen and oxygen atoms in total. The lowest BCUT2D eigenvalue weighted by atomic mass is 10.0. The molecule has 1 aliphatic rings. The summed E-state index contributed by atoms with van der Waals surface area (Å²) in [5.74, 6) is 0. The number of ether oxygens (including phenoxy) is 1. The molecule has 0 amide bonds. The molecule has 1 unspecified atom stereocenters. The van der Waals surface area contributed by atoms with Crippen molar-refractivity contribution in [2.24, 2.45) is 0 Å². The van der Waals surface area contributed by atoms with E-state index in [9.17, 15) is 0 Å². The minimum Gasteiger partial charge on any atom is -0.372 e. The molecule has 0 saturated heterocycles. The molecule has 0 spiro atoms. The summed E-state index contributed by atoms with van der Waals surface area (Å²) in [4.78, 5) is 0. The molecule has 18 heavy (non-hydrogen) atoms. The molecule has 1 atom stereocenters. The first-order valence-corrected chi connectivity index (χ1v) is 7.35. The molecule has 0 aliphatic carbocycles. The largest absolute Gasteiger partial charge is 0.372 e. The second-order valence-electron chi connectivity index (χ2n) is 4.41. The van der Waals surface area contributed by atoms with Gasteiger partial charge in [0.2, 0.25) is 0 Å². The fourth-order valence-electron chi connectivity index (χ4n) is 2.21.